The summed E-state index contributed by atoms with van der Waals surface area (Å²) in [4.78, 5) is 22.6. The highest BCUT2D eigenvalue weighted by Crippen LogP contribution is 2.19. The molecule has 0 saturated carbocycles. The lowest BCUT2D eigenvalue weighted by molar-refractivity contribution is -0.201. The molecule has 0 aliphatic rings. The van der Waals surface area contributed by atoms with Gasteiger partial charge in [0.15, 0.2) is 6.10 Å². The van der Waals surface area contributed by atoms with Crippen LogP contribution in [0.3, 0.4) is 0 Å². The van der Waals surface area contributed by atoms with Crippen LogP contribution in [0.1, 0.15) is 16.8 Å². The molecule has 0 spiro atoms. The Morgan fingerprint density at radius 2 is 2.05 bits per heavy atom. The number of furan rings is 1. The molecule has 1 aromatic heterocycles. The summed E-state index contributed by atoms with van der Waals surface area (Å²) in [6, 6.07) is 1.43. The summed E-state index contributed by atoms with van der Waals surface area (Å²) in [6.07, 6.45) is -5.06. The molecule has 9 heteroatoms. The van der Waals surface area contributed by atoms with Crippen LogP contribution in [-0.2, 0) is 4.79 Å². The van der Waals surface area contributed by atoms with Gasteiger partial charge in [-0.2, -0.15) is 13.2 Å². The van der Waals surface area contributed by atoms with Gasteiger partial charge in [0, 0.05) is 13.0 Å². The van der Waals surface area contributed by atoms with E-state index in [1.807, 2.05) is 5.32 Å². The lowest BCUT2D eigenvalue weighted by atomic mass is 10.3. The predicted octanol–water partition coefficient (Wildman–Crippen LogP) is 0.439. The zero-order valence-electron chi connectivity index (χ0n) is 10.2. The largest absolute Gasteiger partial charge is 0.472 e. The van der Waals surface area contributed by atoms with Gasteiger partial charge in [-0.15, -0.1) is 0 Å². The van der Waals surface area contributed by atoms with E-state index >= 15 is 0 Å². The number of hydrogen-bond donors (Lipinski definition) is 3. The summed E-state index contributed by atoms with van der Waals surface area (Å²) >= 11 is 0. The maximum absolute atomic E-state index is 11.9. The summed E-state index contributed by atoms with van der Waals surface area (Å²) in [5.74, 6) is -1.16. The molecule has 2 amide bonds. The number of carbonyl (C=O) groups excluding carboxylic acids is 2. The molecule has 1 atom stereocenters. The molecule has 1 unspecified atom stereocenters. The van der Waals surface area contributed by atoms with Gasteiger partial charge in [0.1, 0.15) is 6.26 Å². The van der Waals surface area contributed by atoms with Gasteiger partial charge in [-0.25, -0.2) is 0 Å². The number of alkyl halides is 3. The standard InChI is InChI=1S/C11H13F3N2O4/c12-11(13,14)8(17)5-16-9(18)1-3-15-10(19)7-2-4-20-6-7/h2,4,6,8,17H,1,3,5H2,(H,15,19)(H,16,18). The van der Waals surface area contributed by atoms with Gasteiger partial charge >= 0.3 is 6.18 Å². The minimum Gasteiger partial charge on any atom is -0.472 e. The molecule has 0 aromatic carbocycles. The van der Waals surface area contributed by atoms with Crippen LogP contribution in [0.25, 0.3) is 0 Å². The maximum atomic E-state index is 11.9. The molecule has 0 aliphatic heterocycles. The van der Waals surface area contributed by atoms with Gasteiger partial charge in [-0.1, -0.05) is 0 Å². The predicted molar refractivity (Wildman–Crippen MR) is 60.7 cm³/mol. The highest BCUT2D eigenvalue weighted by Gasteiger charge is 2.38. The maximum Gasteiger partial charge on any atom is 0.416 e. The molecule has 0 fully saturated rings. The van der Waals surface area contributed by atoms with E-state index in [4.69, 9.17) is 5.11 Å². The Labute approximate surface area is 111 Å². The smallest absolute Gasteiger partial charge is 0.416 e. The van der Waals surface area contributed by atoms with Crippen LogP contribution < -0.4 is 10.6 Å². The average molecular weight is 294 g/mol. The fourth-order valence-corrected chi connectivity index (χ4v) is 1.20. The van der Waals surface area contributed by atoms with Crippen molar-refractivity contribution in [3.05, 3.63) is 24.2 Å². The minimum absolute atomic E-state index is 0.0437. The van der Waals surface area contributed by atoms with Crippen molar-refractivity contribution in [1.82, 2.24) is 10.6 Å². The fraction of sp³-hybridized carbons (Fsp3) is 0.455. The first-order chi connectivity index (χ1) is 9.30. The topological polar surface area (TPSA) is 91.6 Å². The third-order valence-electron chi connectivity index (χ3n) is 2.29. The van der Waals surface area contributed by atoms with E-state index in [-0.39, 0.29) is 18.5 Å². The highest BCUT2D eigenvalue weighted by molar-refractivity contribution is 5.93. The van der Waals surface area contributed by atoms with Crippen LogP contribution in [0.5, 0.6) is 0 Å². The Hall–Kier alpha value is -2.03. The van der Waals surface area contributed by atoms with E-state index in [1.54, 1.807) is 0 Å². The van der Waals surface area contributed by atoms with E-state index in [0.29, 0.717) is 0 Å². The number of carbonyl (C=O) groups is 2. The zero-order valence-corrected chi connectivity index (χ0v) is 10.2. The van der Waals surface area contributed by atoms with E-state index < -0.39 is 30.6 Å². The van der Waals surface area contributed by atoms with Crippen LogP contribution in [-0.4, -0.2) is 42.3 Å². The number of aliphatic hydroxyl groups is 1. The van der Waals surface area contributed by atoms with Gasteiger partial charge in [0.05, 0.1) is 18.4 Å². The van der Waals surface area contributed by atoms with Gasteiger partial charge < -0.3 is 20.2 Å². The Morgan fingerprint density at radius 1 is 1.35 bits per heavy atom. The van der Waals surface area contributed by atoms with Crippen molar-refractivity contribution in [2.24, 2.45) is 0 Å². The minimum atomic E-state index is -4.78. The number of halogens is 3. The molecular weight excluding hydrogens is 281 g/mol. The van der Waals surface area contributed by atoms with Crippen LogP contribution in [0, 0.1) is 0 Å². The van der Waals surface area contributed by atoms with Gasteiger partial charge in [-0.3, -0.25) is 9.59 Å². The molecule has 0 radical (unpaired) electrons. The van der Waals surface area contributed by atoms with Gasteiger partial charge in [0.25, 0.3) is 5.91 Å². The van der Waals surface area contributed by atoms with Crippen LogP contribution in [0.2, 0.25) is 0 Å². The fourth-order valence-electron chi connectivity index (χ4n) is 1.20. The second-order valence-electron chi connectivity index (χ2n) is 3.88. The Morgan fingerprint density at radius 3 is 2.60 bits per heavy atom. The first kappa shape index (κ1) is 16.0. The van der Waals surface area contributed by atoms with Crippen molar-refractivity contribution in [1.29, 1.82) is 0 Å². The summed E-state index contributed by atoms with van der Waals surface area (Å²) in [5, 5.41) is 13.0. The monoisotopic (exact) mass is 294 g/mol. The number of rotatable bonds is 6. The SMILES string of the molecule is O=C(CCNC(=O)c1ccoc1)NCC(O)C(F)(F)F. The number of amides is 2. The van der Waals surface area contributed by atoms with Crippen LogP contribution in [0.4, 0.5) is 13.2 Å². The summed E-state index contributed by atoms with van der Waals surface area (Å²) in [6.45, 7) is -0.962. The molecule has 0 bridgehead atoms. The van der Waals surface area contributed by atoms with Gasteiger partial charge in [0.2, 0.25) is 5.91 Å². The molecule has 20 heavy (non-hydrogen) atoms. The molecule has 6 nitrogen and oxygen atoms in total. The second kappa shape index (κ2) is 6.94. The van der Waals surface area contributed by atoms with Crippen molar-refractivity contribution < 1.29 is 32.3 Å². The normalized spacial score (nSPS) is 12.8. The summed E-state index contributed by atoms with van der Waals surface area (Å²) in [5.41, 5.74) is 0.276. The molecule has 112 valence electrons. The van der Waals surface area contributed by atoms with E-state index in [1.165, 1.54) is 18.6 Å². The second-order valence-corrected chi connectivity index (χ2v) is 3.88. The zero-order chi connectivity index (χ0) is 15.2. The van der Waals surface area contributed by atoms with Crippen molar-refractivity contribution in [3.8, 4) is 0 Å². The van der Waals surface area contributed by atoms with Crippen molar-refractivity contribution >= 4 is 11.8 Å². The molecular formula is C11H13F3N2O4. The first-order valence-corrected chi connectivity index (χ1v) is 5.62. The Bertz CT molecular complexity index is 445. The molecule has 0 aliphatic carbocycles. The van der Waals surface area contributed by atoms with Crippen molar-refractivity contribution in [3.63, 3.8) is 0 Å². The van der Waals surface area contributed by atoms with Crippen LogP contribution >= 0.6 is 0 Å². The van der Waals surface area contributed by atoms with Crippen molar-refractivity contribution in [2.45, 2.75) is 18.7 Å². The number of aliphatic hydroxyl groups excluding tert-OH is 1. The Balaban J connectivity index is 2.19. The lowest BCUT2D eigenvalue weighted by Gasteiger charge is -2.14. The molecule has 1 rings (SSSR count). The molecule has 0 saturated heterocycles. The van der Waals surface area contributed by atoms with Crippen LogP contribution in [0.15, 0.2) is 23.0 Å². The quantitative estimate of drug-likeness (QED) is 0.710. The lowest BCUT2D eigenvalue weighted by Crippen LogP contribution is -2.41. The number of nitrogens with one attached hydrogen (secondary N) is 2. The molecule has 1 aromatic rings. The molecule has 3 N–H and O–H groups in total. The highest BCUT2D eigenvalue weighted by atomic mass is 19.4. The summed E-state index contributed by atoms with van der Waals surface area (Å²) in [7, 11) is 0. The van der Waals surface area contributed by atoms with Gasteiger partial charge in [-0.05, 0) is 6.07 Å². The first-order valence-electron chi connectivity index (χ1n) is 5.62. The Kier molecular flexibility index (Phi) is 5.56. The van der Waals surface area contributed by atoms with E-state index in [2.05, 4.69) is 9.73 Å². The third kappa shape index (κ3) is 5.31. The van der Waals surface area contributed by atoms with Crippen molar-refractivity contribution in [2.75, 3.05) is 13.1 Å². The number of hydrogen-bond acceptors (Lipinski definition) is 4. The molecule has 1 heterocycles. The third-order valence-corrected chi connectivity index (χ3v) is 2.29. The summed E-state index contributed by atoms with van der Waals surface area (Å²) < 4.78 is 40.5. The van der Waals surface area contributed by atoms with E-state index in [0.717, 1.165) is 0 Å². The van der Waals surface area contributed by atoms with E-state index in [9.17, 15) is 22.8 Å². The average Bonchev–Trinajstić information content (AvgIpc) is 2.88.